The van der Waals surface area contributed by atoms with Crippen LogP contribution in [0.25, 0.3) is 0 Å². The van der Waals surface area contributed by atoms with Crippen molar-refractivity contribution in [2.24, 2.45) is 0 Å². The van der Waals surface area contributed by atoms with E-state index in [-0.39, 0.29) is 0 Å². The molecule has 0 aromatic carbocycles. The van der Waals surface area contributed by atoms with Gasteiger partial charge in [0.05, 0.1) is 0 Å². The third-order valence-electron chi connectivity index (χ3n) is 0.267. The molecule has 0 bridgehead atoms. The number of rotatable bonds is 3. The quantitative estimate of drug-likeness (QED) is 0.459. The van der Waals surface area contributed by atoms with Gasteiger partial charge in [-0.25, -0.2) is 4.79 Å². The smallest absolute Gasteiger partial charge is 0.341 e. The minimum absolute atomic E-state index is 0.826. The molecule has 0 spiro atoms. The van der Waals surface area contributed by atoms with Crippen LogP contribution in [0.5, 0.6) is 0 Å². The Balaban J connectivity index is 3.05. The van der Waals surface area contributed by atoms with E-state index < -0.39 is 23.4 Å². The molecule has 0 aliphatic heterocycles. The van der Waals surface area contributed by atoms with E-state index in [1.165, 1.54) is 0 Å². The van der Waals surface area contributed by atoms with Crippen LogP contribution < -0.4 is 9.32 Å². The van der Waals surface area contributed by atoms with Crippen LogP contribution >= 0.6 is 0 Å². The Hall–Kier alpha value is -0.360. The van der Waals surface area contributed by atoms with Crippen LogP contribution in [-0.4, -0.2) is 17.7 Å². The van der Waals surface area contributed by atoms with Gasteiger partial charge in [0.2, 0.25) is 0 Å². The highest BCUT2D eigenvalue weighted by molar-refractivity contribution is 5.67. The van der Waals surface area contributed by atoms with Gasteiger partial charge in [0.1, 0.15) is 0 Å². The molecule has 8 heavy (non-hydrogen) atoms. The molecule has 6 heteroatoms. The first-order valence-electron chi connectivity index (χ1n) is 1.53. The lowest BCUT2D eigenvalue weighted by atomic mass is 10.8. The van der Waals surface area contributed by atoms with Gasteiger partial charge in [-0.3, -0.25) is 0 Å². The topological polar surface area (TPSA) is 92.7 Å². The van der Waals surface area contributed by atoms with Crippen molar-refractivity contribution in [3.05, 3.63) is 0 Å². The van der Waals surface area contributed by atoms with E-state index >= 15 is 0 Å². The summed E-state index contributed by atoms with van der Waals surface area (Å²) in [6.07, 6.45) is 0. The highest BCUT2D eigenvalue weighted by Crippen LogP contribution is 1.75. The fraction of sp³-hybridized carbons (Fsp3) is 0.500. The molecule has 0 saturated carbocycles. The van der Waals surface area contributed by atoms with E-state index in [0.29, 0.717) is 0 Å². The Bertz CT molecular complexity index is 80.5. The van der Waals surface area contributed by atoms with Gasteiger partial charge in [0.15, 0.2) is 0 Å². The number of halogens is 1. The molecule has 0 aliphatic carbocycles. The summed E-state index contributed by atoms with van der Waals surface area (Å²) in [5.74, 6) is -1.32. The lowest BCUT2D eigenvalue weighted by molar-refractivity contribution is -1.63. The molecule has 1 N–H and O–H groups in total. The minimum Gasteiger partial charge on any atom is -0.479 e. The van der Waals surface area contributed by atoms with E-state index in [9.17, 15) is 14.1 Å². The van der Waals surface area contributed by atoms with E-state index in [2.05, 4.69) is 4.29 Å². The Morgan fingerprint density at radius 2 is 2.25 bits per heavy atom. The number of hydrogen-bond acceptors (Lipinski definition) is 4. The van der Waals surface area contributed by atoms with Gasteiger partial charge in [-0.1, -0.05) is 0 Å². The van der Waals surface area contributed by atoms with E-state index in [0.717, 1.165) is 0 Å². The molecule has 0 aromatic heterocycles. The third kappa shape index (κ3) is 5.64. The number of carboxylic acid groups (broad SMARTS) is 1. The molecule has 0 fully saturated rings. The Labute approximate surface area is 47.9 Å². The predicted octanol–water partition coefficient (Wildman–Crippen LogP) is -2.83. The van der Waals surface area contributed by atoms with Crippen molar-refractivity contribution in [1.29, 1.82) is 0 Å². The first-order chi connectivity index (χ1) is 3.63. The molecule has 48 valence electrons. The molecule has 0 rings (SSSR count). The molecule has 0 aromatic rings. The molecule has 0 unspecified atom stereocenters. The van der Waals surface area contributed by atoms with Crippen molar-refractivity contribution in [2.75, 3.05) is 6.61 Å². The summed E-state index contributed by atoms with van der Waals surface area (Å²) >= 11 is 0. The number of carbonyl (C=O) groups is 1. The third-order valence-corrected chi connectivity index (χ3v) is 0.554. The summed E-state index contributed by atoms with van der Waals surface area (Å²) in [4.78, 5) is 9.50. The Morgan fingerprint density at radius 1 is 1.75 bits per heavy atom. The van der Waals surface area contributed by atoms with Crippen LogP contribution in [0.4, 0.5) is 0 Å². The van der Waals surface area contributed by atoms with Gasteiger partial charge >= 0.3 is 5.97 Å². The van der Waals surface area contributed by atoms with Crippen molar-refractivity contribution in [1.82, 2.24) is 0 Å². The highest BCUT2D eigenvalue weighted by atomic mass is 35.6. The maximum absolute atomic E-state index is 9.50. The van der Waals surface area contributed by atoms with Gasteiger partial charge in [-0.05, 0) is 0 Å². The SMILES string of the molecule is O=C(O)CO[Cl+2]([O-])[O-]. The molecule has 0 radical (unpaired) electrons. The normalized spacial score (nSPS) is 9.88. The average molecular weight is 142 g/mol. The molecule has 0 saturated heterocycles. The highest BCUT2D eigenvalue weighted by Gasteiger charge is 2.09. The summed E-state index contributed by atoms with van der Waals surface area (Å²) in [5.41, 5.74) is 0. The minimum atomic E-state index is -2.42. The van der Waals surface area contributed by atoms with Crippen molar-refractivity contribution >= 4 is 5.97 Å². The standard InChI is InChI=1S/C2H3ClO5/c4-2(5)1-8-3(6)7/h1H2,(H,4,5). The van der Waals surface area contributed by atoms with Crippen LogP contribution in [-0.2, 0) is 9.08 Å². The molecule has 0 heterocycles. The number of carboxylic acids is 1. The lowest BCUT2D eigenvalue weighted by Crippen LogP contribution is -2.35. The van der Waals surface area contributed by atoms with Crippen LogP contribution in [0.15, 0.2) is 0 Å². The zero-order valence-electron chi connectivity index (χ0n) is 3.67. The van der Waals surface area contributed by atoms with Crippen molar-refractivity contribution in [2.45, 2.75) is 0 Å². The Kier molecular flexibility index (Phi) is 3.46. The zero-order chi connectivity index (χ0) is 6.57. The number of hydrogen-bond donors (Lipinski definition) is 1. The molecule has 5 nitrogen and oxygen atoms in total. The largest absolute Gasteiger partial charge is 0.479 e. The van der Waals surface area contributed by atoms with Crippen LogP contribution in [0.2, 0.25) is 0 Å². The summed E-state index contributed by atoms with van der Waals surface area (Å²) < 4.78 is 22.3. The molecule has 0 amide bonds. The maximum Gasteiger partial charge on any atom is 0.341 e. The molecular weight excluding hydrogens is 139 g/mol. The first-order valence-corrected chi connectivity index (χ1v) is 2.46. The van der Waals surface area contributed by atoms with E-state index in [1.807, 2.05) is 0 Å². The summed E-state index contributed by atoms with van der Waals surface area (Å²) in [6.45, 7) is -0.826. The first kappa shape index (κ1) is 7.64. The van der Waals surface area contributed by atoms with Crippen molar-refractivity contribution in [3.63, 3.8) is 0 Å². The Morgan fingerprint density at radius 3 is 2.38 bits per heavy atom. The maximum atomic E-state index is 9.50. The van der Waals surface area contributed by atoms with Gasteiger partial charge in [-0.2, -0.15) is 0 Å². The van der Waals surface area contributed by atoms with Gasteiger partial charge in [0, 0.05) is 4.29 Å². The second kappa shape index (κ2) is 3.62. The number of aliphatic carboxylic acids is 1. The van der Waals surface area contributed by atoms with Gasteiger partial charge < -0.3 is 14.4 Å². The zero-order valence-corrected chi connectivity index (χ0v) is 4.42. The van der Waals surface area contributed by atoms with Crippen LogP contribution in [0, 0.1) is 10.8 Å². The van der Waals surface area contributed by atoms with Gasteiger partial charge in [0.25, 0.3) is 17.4 Å². The van der Waals surface area contributed by atoms with Crippen LogP contribution in [0.1, 0.15) is 0 Å². The fourth-order valence-electron chi connectivity index (χ4n) is 0.0912. The second-order valence-electron chi connectivity index (χ2n) is 0.836. The van der Waals surface area contributed by atoms with E-state index in [1.54, 1.807) is 0 Å². The summed E-state index contributed by atoms with van der Waals surface area (Å²) in [7, 11) is -2.42. The monoisotopic (exact) mass is 142 g/mol. The molecular formula is C2H3ClO5. The lowest BCUT2D eigenvalue weighted by Gasteiger charge is -1.88. The fourth-order valence-corrected chi connectivity index (χ4v) is 0.274. The van der Waals surface area contributed by atoms with E-state index in [4.69, 9.17) is 5.11 Å². The van der Waals surface area contributed by atoms with Crippen molar-refractivity contribution in [3.8, 4) is 0 Å². The predicted molar refractivity (Wildman–Crippen MR) is 13.6 cm³/mol. The second-order valence-corrected chi connectivity index (χ2v) is 1.43. The average Bonchev–Trinajstić information content (AvgIpc) is 1.61. The van der Waals surface area contributed by atoms with Crippen molar-refractivity contribution < 1.29 is 34.3 Å². The molecule has 0 atom stereocenters. The molecule has 0 aliphatic rings. The van der Waals surface area contributed by atoms with Crippen LogP contribution in [0.3, 0.4) is 0 Å². The summed E-state index contributed by atoms with van der Waals surface area (Å²) in [5, 5.41) is 7.76. The summed E-state index contributed by atoms with van der Waals surface area (Å²) in [6, 6.07) is 0. The van der Waals surface area contributed by atoms with Gasteiger partial charge in [-0.15, -0.1) is 0 Å².